The number of nitrogens with zero attached hydrogens (tertiary/aromatic N) is 1. The third-order valence-corrected chi connectivity index (χ3v) is 3.89. The summed E-state index contributed by atoms with van der Waals surface area (Å²) in [6.45, 7) is 4.93. The molecule has 0 amide bonds. The molecule has 20 heavy (non-hydrogen) atoms. The lowest BCUT2D eigenvalue weighted by Crippen LogP contribution is -2.69. The highest BCUT2D eigenvalue weighted by molar-refractivity contribution is 7.80. The van der Waals surface area contributed by atoms with Gasteiger partial charge in [0.1, 0.15) is 30.1 Å². The van der Waals surface area contributed by atoms with Crippen LogP contribution in [0, 0.1) is 0 Å². The maximum atomic E-state index is 11.3. The predicted molar refractivity (Wildman–Crippen MR) is 74.6 cm³/mol. The van der Waals surface area contributed by atoms with Gasteiger partial charge in [0.15, 0.2) is 0 Å². The third kappa shape index (κ3) is 3.16. The van der Waals surface area contributed by atoms with E-state index in [-0.39, 0.29) is 18.9 Å². The van der Waals surface area contributed by atoms with Gasteiger partial charge >= 0.3 is 5.97 Å². The van der Waals surface area contributed by atoms with E-state index in [4.69, 9.17) is 4.74 Å². The first-order valence-corrected chi connectivity index (χ1v) is 6.82. The number of ether oxygens (including phenoxy) is 1. The second-order valence-electron chi connectivity index (χ2n) is 4.85. The van der Waals surface area contributed by atoms with Crippen LogP contribution in [-0.2, 0) is 9.53 Å². The van der Waals surface area contributed by atoms with Gasteiger partial charge in [0.25, 0.3) is 0 Å². The van der Waals surface area contributed by atoms with Gasteiger partial charge in [-0.1, -0.05) is 6.08 Å². The predicted octanol–water partition coefficient (Wildman–Crippen LogP) is -1.31. The highest BCUT2D eigenvalue weighted by Crippen LogP contribution is 2.31. The number of carboxylic acids is 1. The van der Waals surface area contributed by atoms with Crippen LogP contribution in [0.1, 0.15) is 6.92 Å². The Morgan fingerprint density at radius 2 is 2.20 bits per heavy atom. The number of aliphatic hydroxyl groups is 3. The Hall–Kier alpha value is -0.640. The van der Waals surface area contributed by atoms with E-state index in [1.165, 1.54) is 17.9 Å². The molecule has 0 radical (unpaired) electrons. The smallest absolute Gasteiger partial charge is 0.321 e. The molecular weight excluding hydrogens is 286 g/mol. The molecule has 0 aromatic heterocycles. The molecule has 1 saturated heterocycles. The maximum absolute atomic E-state index is 11.3. The van der Waals surface area contributed by atoms with Crippen LogP contribution >= 0.6 is 12.6 Å². The van der Waals surface area contributed by atoms with Gasteiger partial charge in [-0.15, -0.1) is 6.58 Å². The van der Waals surface area contributed by atoms with Crippen LogP contribution < -0.4 is 0 Å². The quantitative estimate of drug-likeness (QED) is 0.306. The second-order valence-corrected chi connectivity index (χ2v) is 5.21. The summed E-state index contributed by atoms with van der Waals surface area (Å²) in [7, 11) is 0. The van der Waals surface area contributed by atoms with Gasteiger partial charge in [0.2, 0.25) is 0 Å². The van der Waals surface area contributed by atoms with Gasteiger partial charge in [-0.05, 0) is 6.92 Å². The van der Waals surface area contributed by atoms with Crippen LogP contribution in [0.2, 0.25) is 0 Å². The monoisotopic (exact) mass is 307 g/mol. The van der Waals surface area contributed by atoms with Crippen LogP contribution in [0.3, 0.4) is 0 Å². The van der Waals surface area contributed by atoms with Crippen molar-refractivity contribution in [3.63, 3.8) is 0 Å². The summed E-state index contributed by atoms with van der Waals surface area (Å²) >= 11 is 4.01. The molecule has 1 aliphatic heterocycles. The van der Waals surface area contributed by atoms with Gasteiger partial charge in [-0.2, -0.15) is 12.6 Å². The van der Waals surface area contributed by atoms with Crippen molar-refractivity contribution >= 4 is 18.6 Å². The SMILES string of the molecule is C=CCN([C@@H](CS)C(=O)O)C1(C)OC[C@@H](O)[C@@H](O)[C@@H]1O. The molecule has 0 bridgehead atoms. The van der Waals surface area contributed by atoms with Crippen molar-refractivity contribution in [2.75, 3.05) is 18.9 Å². The van der Waals surface area contributed by atoms with Gasteiger partial charge < -0.3 is 25.2 Å². The summed E-state index contributed by atoms with van der Waals surface area (Å²) in [5.74, 6) is -1.13. The van der Waals surface area contributed by atoms with Crippen molar-refractivity contribution in [2.45, 2.75) is 37.0 Å². The Balaban J connectivity index is 3.11. The number of hydrogen-bond donors (Lipinski definition) is 5. The molecule has 116 valence electrons. The molecule has 7 nitrogen and oxygen atoms in total. The van der Waals surface area contributed by atoms with Crippen LogP contribution in [0.25, 0.3) is 0 Å². The largest absolute Gasteiger partial charge is 0.480 e. The fourth-order valence-electron chi connectivity index (χ4n) is 2.29. The zero-order valence-corrected chi connectivity index (χ0v) is 12.1. The first-order chi connectivity index (χ1) is 9.29. The van der Waals surface area contributed by atoms with Gasteiger partial charge in [-0.25, -0.2) is 0 Å². The molecule has 8 heteroatoms. The van der Waals surface area contributed by atoms with Crippen molar-refractivity contribution in [3.8, 4) is 0 Å². The van der Waals surface area contributed by atoms with Gasteiger partial charge in [0, 0.05) is 12.3 Å². The summed E-state index contributed by atoms with van der Waals surface area (Å²) in [4.78, 5) is 12.7. The van der Waals surface area contributed by atoms with Crippen molar-refractivity contribution in [3.05, 3.63) is 12.7 Å². The van der Waals surface area contributed by atoms with Gasteiger partial charge in [-0.3, -0.25) is 9.69 Å². The van der Waals surface area contributed by atoms with Crippen molar-refractivity contribution < 1.29 is 30.0 Å². The Bertz CT molecular complexity index is 368. The van der Waals surface area contributed by atoms with E-state index < -0.39 is 36.0 Å². The Labute approximate surface area is 122 Å². The summed E-state index contributed by atoms with van der Waals surface area (Å²) in [6, 6.07) is -1.03. The van der Waals surface area contributed by atoms with Gasteiger partial charge in [0.05, 0.1) is 6.61 Å². The zero-order chi connectivity index (χ0) is 15.5. The first-order valence-electron chi connectivity index (χ1n) is 6.19. The highest BCUT2D eigenvalue weighted by atomic mass is 32.1. The lowest BCUT2D eigenvalue weighted by Gasteiger charge is -2.50. The van der Waals surface area contributed by atoms with Crippen LogP contribution in [0.5, 0.6) is 0 Å². The van der Waals surface area contributed by atoms with E-state index in [0.29, 0.717) is 0 Å². The number of rotatable bonds is 6. The van der Waals surface area contributed by atoms with Crippen LogP contribution in [0.15, 0.2) is 12.7 Å². The molecule has 0 aromatic rings. The summed E-state index contributed by atoms with van der Waals surface area (Å²) in [5, 5.41) is 38.7. The van der Waals surface area contributed by atoms with E-state index in [9.17, 15) is 25.2 Å². The number of hydrogen-bond acceptors (Lipinski definition) is 7. The molecule has 1 fully saturated rings. The lowest BCUT2D eigenvalue weighted by molar-refractivity contribution is -0.285. The van der Waals surface area contributed by atoms with E-state index in [1.54, 1.807) is 0 Å². The van der Waals surface area contributed by atoms with Crippen LogP contribution in [-0.4, -0.2) is 80.3 Å². The zero-order valence-electron chi connectivity index (χ0n) is 11.2. The summed E-state index contributed by atoms with van der Waals surface area (Å²) in [6.07, 6.45) is -2.63. The van der Waals surface area contributed by atoms with E-state index in [2.05, 4.69) is 19.2 Å². The van der Waals surface area contributed by atoms with E-state index in [0.717, 1.165) is 0 Å². The average Bonchev–Trinajstić information content (AvgIpc) is 2.40. The Kier molecular flexibility index (Phi) is 5.99. The number of aliphatic carboxylic acids is 1. The molecule has 0 saturated carbocycles. The lowest BCUT2D eigenvalue weighted by atomic mass is 9.93. The molecule has 0 spiro atoms. The molecule has 1 unspecified atom stereocenters. The number of carboxylic acid groups (broad SMARTS) is 1. The average molecular weight is 307 g/mol. The highest BCUT2D eigenvalue weighted by Gasteiger charge is 2.52. The fourth-order valence-corrected chi connectivity index (χ4v) is 2.64. The topological polar surface area (TPSA) is 110 Å². The Morgan fingerprint density at radius 3 is 2.65 bits per heavy atom. The fraction of sp³-hybridized carbons (Fsp3) is 0.750. The third-order valence-electron chi connectivity index (χ3n) is 3.54. The minimum absolute atomic E-state index is 0.00646. The standard InChI is InChI=1S/C12H21NO6S/c1-3-4-13(7(6-20)11(17)18)12(2)10(16)9(15)8(14)5-19-12/h3,7-10,14-16,20H,1,4-6H2,2H3,(H,17,18)/t7-,8+,9+,10-,12?/m0/s1. The van der Waals surface area contributed by atoms with E-state index in [1.807, 2.05) is 0 Å². The van der Waals surface area contributed by atoms with E-state index >= 15 is 0 Å². The molecule has 0 aliphatic carbocycles. The second kappa shape index (κ2) is 6.88. The molecule has 1 heterocycles. The molecule has 5 atom stereocenters. The van der Waals surface area contributed by atoms with Crippen LogP contribution in [0.4, 0.5) is 0 Å². The number of thiol groups is 1. The minimum Gasteiger partial charge on any atom is -0.480 e. The first kappa shape index (κ1) is 17.4. The number of carbonyl (C=O) groups is 1. The molecule has 4 N–H and O–H groups in total. The maximum Gasteiger partial charge on any atom is 0.321 e. The molecular formula is C12H21NO6S. The minimum atomic E-state index is -1.46. The molecule has 0 aromatic carbocycles. The Morgan fingerprint density at radius 1 is 1.60 bits per heavy atom. The summed E-state index contributed by atoms with van der Waals surface area (Å²) in [5.41, 5.74) is -1.46. The normalized spacial score (nSPS) is 35.8. The van der Waals surface area contributed by atoms with Crippen molar-refractivity contribution in [1.82, 2.24) is 4.90 Å². The summed E-state index contributed by atoms with van der Waals surface area (Å²) < 4.78 is 5.43. The molecule has 1 rings (SSSR count). The van der Waals surface area contributed by atoms with Crippen molar-refractivity contribution in [2.24, 2.45) is 0 Å². The number of aliphatic hydroxyl groups excluding tert-OH is 3. The molecule has 1 aliphatic rings. The van der Waals surface area contributed by atoms with Crippen molar-refractivity contribution in [1.29, 1.82) is 0 Å².